The van der Waals surface area contributed by atoms with Crippen LogP contribution < -0.4 is 0 Å². The first-order valence-corrected chi connectivity index (χ1v) is 8.26. The average Bonchev–Trinajstić information content (AvgIpc) is 2.30. The van der Waals surface area contributed by atoms with Gasteiger partial charge in [0.05, 0.1) is 5.25 Å². The van der Waals surface area contributed by atoms with Crippen molar-refractivity contribution in [2.24, 2.45) is 0 Å². The van der Waals surface area contributed by atoms with Crippen LogP contribution in [-0.4, -0.2) is 38.9 Å². The normalized spacial score (nSPS) is 18.8. The lowest BCUT2D eigenvalue weighted by molar-refractivity contribution is -0.120. The fourth-order valence-corrected chi connectivity index (χ4v) is 4.16. The van der Waals surface area contributed by atoms with Crippen molar-refractivity contribution in [2.45, 2.75) is 57.5 Å². The lowest BCUT2D eigenvalue weighted by Gasteiger charge is -2.24. The molecule has 1 aliphatic rings. The van der Waals surface area contributed by atoms with E-state index in [0.29, 0.717) is 13.2 Å². The lowest BCUT2D eigenvalue weighted by Crippen LogP contribution is -2.34. The molecule has 1 saturated carbocycles. The minimum Gasteiger partial charge on any atom is -0.352 e. The average molecular weight is 264 g/mol. The molecule has 0 atom stereocenters. The van der Waals surface area contributed by atoms with E-state index >= 15 is 0 Å². The minimum atomic E-state index is -3.08. The predicted octanol–water partition coefficient (Wildman–Crippen LogP) is 2.13. The second kappa shape index (κ2) is 7.34. The molecule has 0 bridgehead atoms. The molecule has 0 N–H and O–H groups in total. The summed E-state index contributed by atoms with van der Waals surface area (Å²) < 4.78 is 35.0. The predicted molar refractivity (Wildman–Crippen MR) is 67.7 cm³/mol. The summed E-state index contributed by atoms with van der Waals surface area (Å²) in [4.78, 5) is 0. The molecule has 1 aliphatic carbocycles. The summed E-state index contributed by atoms with van der Waals surface area (Å²) in [5.41, 5.74) is 0. The van der Waals surface area contributed by atoms with Crippen LogP contribution in [0.4, 0.5) is 0 Å². The smallest absolute Gasteiger partial charge is 0.171 e. The molecule has 0 saturated heterocycles. The van der Waals surface area contributed by atoms with E-state index in [1.165, 1.54) is 0 Å². The molecule has 0 aromatic heterocycles. The molecule has 1 fully saturated rings. The van der Waals surface area contributed by atoms with Crippen molar-refractivity contribution >= 4 is 9.84 Å². The third kappa shape index (κ3) is 4.94. The summed E-state index contributed by atoms with van der Waals surface area (Å²) in [6.45, 7) is 4.65. The lowest BCUT2D eigenvalue weighted by atomic mass is 10.0. The molecular formula is C12H24O4S. The van der Waals surface area contributed by atoms with Crippen molar-refractivity contribution in [1.29, 1.82) is 0 Å². The van der Waals surface area contributed by atoms with E-state index in [1.54, 1.807) is 0 Å². The molecular weight excluding hydrogens is 240 g/mol. The quantitative estimate of drug-likeness (QED) is 0.661. The van der Waals surface area contributed by atoms with Gasteiger partial charge in [-0.1, -0.05) is 19.3 Å². The Morgan fingerprint density at radius 1 is 1.06 bits per heavy atom. The van der Waals surface area contributed by atoms with E-state index < -0.39 is 16.1 Å². The number of ether oxygens (including phenoxy) is 2. The summed E-state index contributed by atoms with van der Waals surface area (Å²) in [6, 6.07) is 0. The summed E-state index contributed by atoms with van der Waals surface area (Å²) >= 11 is 0. The Hall–Kier alpha value is -0.130. The Labute approximate surface area is 105 Å². The van der Waals surface area contributed by atoms with Crippen LogP contribution in [0.15, 0.2) is 0 Å². The van der Waals surface area contributed by atoms with Crippen LogP contribution in [-0.2, 0) is 19.3 Å². The van der Waals surface area contributed by atoms with Gasteiger partial charge in [-0.05, 0) is 26.7 Å². The Morgan fingerprint density at radius 3 is 2.06 bits per heavy atom. The van der Waals surface area contributed by atoms with Gasteiger partial charge in [-0.15, -0.1) is 0 Å². The fraction of sp³-hybridized carbons (Fsp3) is 1.00. The first-order valence-electron chi connectivity index (χ1n) is 6.55. The van der Waals surface area contributed by atoms with Gasteiger partial charge in [-0.25, -0.2) is 8.42 Å². The summed E-state index contributed by atoms with van der Waals surface area (Å²) in [5.74, 6) is -0.000648. The maximum atomic E-state index is 12.2. The molecule has 5 heteroatoms. The van der Waals surface area contributed by atoms with Crippen molar-refractivity contribution in [3.8, 4) is 0 Å². The molecule has 0 unspecified atom stereocenters. The minimum absolute atomic E-state index is 0.000648. The van der Waals surface area contributed by atoms with E-state index in [-0.39, 0.29) is 11.0 Å². The van der Waals surface area contributed by atoms with Crippen molar-refractivity contribution in [3.63, 3.8) is 0 Å². The highest BCUT2D eigenvalue weighted by Crippen LogP contribution is 2.25. The van der Waals surface area contributed by atoms with Gasteiger partial charge >= 0.3 is 0 Å². The molecule has 0 aromatic carbocycles. The Balaban J connectivity index is 2.55. The molecule has 0 aromatic rings. The van der Waals surface area contributed by atoms with Gasteiger partial charge in [0.1, 0.15) is 5.75 Å². The molecule has 0 radical (unpaired) electrons. The van der Waals surface area contributed by atoms with Gasteiger partial charge in [-0.3, -0.25) is 0 Å². The molecule has 17 heavy (non-hydrogen) atoms. The second-order valence-corrected chi connectivity index (χ2v) is 6.76. The molecule has 1 rings (SSSR count). The van der Waals surface area contributed by atoms with Crippen LogP contribution in [0.3, 0.4) is 0 Å². The zero-order valence-corrected chi connectivity index (χ0v) is 11.7. The van der Waals surface area contributed by atoms with E-state index in [9.17, 15) is 8.42 Å². The van der Waals surface area contributed by atoms with Crippen molar-refractivity contribution in [1.82, 2.24) is 0 Å². The highest BCUT2D eigenvalue weighted by atomic mass is 32.2. The SMILES string of the molecule is CCOC(CS(=O)(=O)C1CCCCC1)OCC. The maximum absolute atomic E-state index is 12.2. The van der Waals surface area contributed by atoms with Crippen LogP contribution in [0.5, 0.6) is 0 Å². The third-order valence-electron chi connectivity index (χ3n) is 3.13. The van der Waals surface area contributed by atoms with Gasteiger partial charge in [0.25, 0.3) is 0 Å². The molecule has 0 aliphatic heterocycles. The van der Waals surface area contributed by atoms with Crippen molar-refractivity contribution in [3.05, 3.63) is 0 Å². The third-order valence-corrected chi connectivity index (χ3v) is 5.36. The summed E-state index contributed by atoms with van der Waals surface area (Å²) in [5, 5.41) is -0.181. The zero-order chi connectivity index (χ0) is 12.7. The maximum Gasteiger partial charge on any atom is 0.171 e. The van der Waals surface area contributed by atoms with Crippen molar-refractivity contribution in [2.75, 3.05) is 19.0 Å². The standard InChI is InChI=1S/C12H24O4S/c1-3-15-12(16-4-2)10-17(13,14)11-8-6-5-7-9-11/h11-12H,3-10H2,1-2H3. The summed E-state index contributed by atoms with van der Waals surface area (Å²) in [6.07, 6.45) is 4.21. The molecule has 0 amide bonds. The Morgan fingerprint density at radius 2 is 1.59 bits per heavy atom. The van der Waals surface area contributed by atoms with E-state index in [4.69, 9.17) is 9.47 Å². The fourth-order valence-electron chi connectivity index (χ4n) is 2.27. The Kier molecular flexibility index (Phi) is 6.44. The zero-order valence-electron chi connectivity index (χ0n) is 10.9. The molecule has 0 spiro atoms. The number of rotatable bonds is 7. The van der Waals surface area contributed by atoms with Gasteiger partial charge in [0.2, 0.25) is 0 Å². The van der Waals surface area contributed by atoms with E-state index in [2.05, 4.69) is 0 Å². The van der Waals surface area contributed by atoms with Crippen LogP contribution >= 0.6 is 0 Å². The largest absolute Gasteiger partial charge is 0.352 e. The van der Waals surface area contributed by atoms with Crippen LogP contribution in [0.1, 0.15) is 46.0 Å². The number of hydrogen-bond donors (Lipinski definition) is 0. The molecule has 4 nitrogen and oxygen atoms in total. The highest BCUT2D eigenvalue weighted by Gasteiger charge is 2.30. The monoisotopic (exact) mass is 264 g/mol. The first-order chi connectivity index (χ1) is 8.10. The topological polar surface area (TPSA) is 52.6 Å². The Bertz CT molecular complexity index is 288. The van der Waals surface area contributed by atoms with Crippen LogP contribution in [0, 0.1) is 0 Å². The van der Waals surface area contributed by atoms with E-state index in [0.717, 1.165) is 32.1 Å². The first kappa shape index (κ1) is 14.9. The number of hydrogen-bond acceptors (Lipinski definition) is 4. The van der Waals surface area contributed by atoms with Crippen LogP contribution in [0.2, 0.25) is 0 Å². The highest BCUT2D eigenvalue weighted by molar-refractivity contribution is 7.92. The molecule has 102 valence electrons. The van der Waals surface area contributed by atoms with Gasteiger partial charge in [-0.2, -0.15) is 0 Å². The second-order valence-electron chi connectivity index (χ2n) is 4.43. The van der Waals surface area contributed by atoms with Crippen LogP contribution in [0.25, 0.3) is 0 Å². The van der Waals surface area contributed by atoms with Gasteiger partial charge in [0, 0.05) is 13.2 Å². The number of sulfone groups is 1. The van der Waals surface area contributed by atoms with Gasteiger partial charge in [0.15, 0.2) is 16.1 Å². The molecule has 0 heterocycles. The van der Waals surface area contributed by atoms with Crippen molar-refractivity contribution < 1.29 is 17.9 Å². The van der Waals surface area contributed by atoms with E-state index in [1.807, 2.05) is 13.8 Å². The van der Waals surface area contributed by atoms with Gasteiger partial charge < -0.3 is 9.47 Å². The summed E-state index contributed by atoms with van der Waals surface area (Å²) in [7, 11) is -3.08.